The van der Waals surface area contributed by atoms with Gasteiger partial charge in [-0.2, -0.15) is 0 Å². The second kappa shape index (κ2) is 8.56. The molecule has 4 aliphatic heterocycles. The summed E-state index contributed by atoms with van der Waals surface area (Å²) in [6.07, 6.45) is 12.0. The average Bonchev–Trinajstić information content (AvgIpc) is 2.88. The van der Waals surface area contributed by atoms with Crippen molar-refractivity contribution in [2.24, 2.45) is 0 Å². The van der Waals surface area contributed by atoms with Crippen LogP contribution >= 0.6 is 11.8 Å². The minimum atomic E-state index is -0.918. The Balaban J connectivity index is 1.29. The monoisotopic (exact) mass is 495 g/mol. The van der Waals surface area contributed by atoms with E-state index in [4.69, 9.17) is 0 Å². The molecule has 0 radical (unpaired) electrons. The molecule has 1 nitrogen and oxygen atoms in total. The molecule has 1 spiro atoms. The Hall–Kier alpha value is -1.97. The Morgan fingerprint density at radius 2 is 1.74 bits per heavy atom. The lowest BCUT2D eigenvalue weighted by Gasteiger charge is -2.42. The summed E-state index contributed by atoms with van der Waals surface area (Å²) in [5.74, 6) is 1.27. The van der Waals surface area contributed by atoms with Crippen LogP contribution in [0.3, 0.4) is 0 Å². The minimum absolute atomic E-state index is 0.265. The summed E-state index contributed by atoms with van der Waals surface area (Å²) in [7, 11) is -0.918. The smallest absolute Gasteiger partial charge is 0.0790 e. The fourth-order valence-electron chi connectivity index (χ4n) is 7.76. The van der Waals surface area contributed by atoms with Crippen LogP contribution in [-0.2, 0) is 0 Å². The highest BCUT2D eigenvalue weighted by Crippen LogP contribution is 2.53. The van der Waals surface area contributed by atoms with Crippen molar-refractivity contribution in [1.82, 2.24) is 5.32 Å². The highest BCUT2D eigenvalue weighted by atomic mass is 32.2. The van der Waals surface area contributed by atoms with E-state index < -0.39 is 8.07 Å². The fourth-order valence-corrected chi connectivity index (χ4v) is 14.7. The van der Waals surface area contributed by atoms with E-state index in [9.17, 15) is 0 Å². The van der Waals surface area contributed by atoms with Crippen LogP contribution in [0.25, 0.3) is 16.8 Å². The second-order valence-electron chi connectivity index (χ2n) is 12.0. The number of hydrogen-bond donors (Lipinski definition) is 1. The van der Waals surface area contributed by atoms with Crippen LogP contribution in [0.4, 0.5) is 0 Å². The summed E-state index contributed by atoms with van der Waals surface area (Å²) < 4.78 is 0. The first-order valence-electron chi connectivity index (χ1n) is 14.0. The van der Waals surface area contributed by atoms with Gasteiger partial charge in [0.25, 0.3) is 0 Å². The molecule has 3 aromatic rings. The number of hydrogen-bond acceptors (Lipinski definition) is 2. The molecule has 0 aromatic heterocycles. The summed E-state index contributed by atoms with van der Waals surface area (Å²) in [5, 5.41) is 6.55. The summed E-state index contributed by atoms with van der Waals surface area (Å²) >= 11 is 2.05. The molecule has 7 rings (SSSR count). The molecule has 3 aromatic carbocycles. The molecular weight excluding hydrogens is 459 g/mol. The van der Waals surface area contributed by atoms with E-state index in [2.05, 4.69) is 85.7 Å². The van der Waals surface area contributed by atoms with Crippen LogP contribution in [0.15, 0.2) is 58.5 Å². The highest BCUT2D eigenvalue weighted by Gasteiger charge is 2.39. The highest BCUT2D eigenvalue weighted by molar-refractivity contribution is 7.99. The second-order valence-corrected chi connectivity index (χ2v) is 18.0. The number of rotatable bonds is 2. The molecule has 4 heterocycles. The van der Waals surface area contributed by atoms with Gasteiger partial charge in [0, 0.05) is 15.4 Å². The van der Waals surface area contributed by atoms with Gasteiger partial charge < -0.3 is 5.32 Å². The third-order valence-electron chi connectivity index (χ3n) is 9.61. The zero-order valence-corrected chi connectivity index (χ0v) is 23.0. The predicted molar refractivity (Wildman–Crippen MR) is 153 cm³/mol. The van der Waals surface area contributed by atoms with Gasteiger partial charge in [-0.1, -0.05) is 99.4 Å². The lowest BCUT2D eigenvalue weighted by Crippen LogP contribution is -2.39. The van der Waals surface area contributed by atoms with Gasteiger partial charge in [0.2, 0.25) is 0 Å². The van der Waals surface area contributed by atoms with Crippen molar-refractivity contribution < 1.29 is 0 Å². The SMILES string of the molecule is CC(C)c1c2c(cc3ccccc13)C1NC=Cc3cc(C4CC[Si]5(CCCCC5)CC4)cc(c31)S2. The van der Waals surface area contributed by atoms with Crippen LogP contribution in [0.2, 0.25) is 24.2 Å². The van der Waals surface area contributed by atoms with E-state index in [1.807, 2.05) is 0 Å². The fraction of sp³-hybridized carbons (Fsp3) is 0.438. The van der Waals surface area contributed by atoms with Crippen LogP contribution in [0, 0.1) is 0 Å². The van der Waals surface area contributed by atoms with Gasteiger partial charge in [-0.15, -0.1) is 0 Å². The van der Waals surface area contributed by atoms with Gasteiger partial charge in [-0.05, 0) is 82.1 Å². The summed E-state index contributed by atoms with van der Waals surface area (Å²) in [6, 6.07) is 23.3. The van der Waals surface area contributed by atoms with E-state index in [0.29, 0.717) is 5.92 Å². The third-order valence-corrected chi connectivity index (χ3v) is 16.4. The van der Waals surface area contributed by atoms with Crippen molar-refractivity contribution in [3.8, 4) is 0 Å². The Labute approximate surface area is 215 Å². The maximum absolute atomic E-state index is 3.75. The summed E-state index contributed by atoms with van der Waals surface area (Å²) in [5.41, 5.74) is 7.57. The number of fused-ring (bicyclic) bond motifs is 3. The van der Waals surface area contributed by atoms with E-state index in [1.165, 1.54) is 74.9 Å². The molecule has 2 saturated heterocycles. The molecule has 0 bridgehead atoms. The molecular formula is C32H37NSSi. The van der Waals surface area contributed by atoms with Gasteiger partial charge in [-0.25, -0.2) is 0 Å². The van der Waals surface area contributed by atoms with Crippen molar-refractivity contribution >= 4 is 36.7 Å². The van der Waals surface area contributed by atoms with Crippen molar-refractivity contribution in [3.63, 3.8) is 0 Å². The summed E-state index contributed by atoms with van der Waals surface area (Å²) in [6.45, 7) is 4.72. The molecule has 1 unspecified atom stereocenters. The first kappa shape index (κ1) is 22.2. The van der Waals surface area contributed by atoms with E-state index in [-0.39, 0.29) is 6.04 Å². The van der Waals surface area contributed by atoms with Crippen LogP contribution in [0.1, 0.15) is 91.6 Å². The lowest BCUT2D eigenvalue weighted by atomic mass is 9.84. The molecule has 180 valence electrons. The van der Waals surface area contributed by atoms with E-state index >= 15 is 0 Å². The van der Waals surface area contributed by atoms with Crippen LogP contribution in [-0.4, -0.2) is 8.07 Å². The van der Waals surface area contributed by atoms with Gasteiger partial charge >= 0.3 is 0 Å². The molecule has 0 saturated carbocycles. The topological polar surface area (TPSA) is 12.0 Å². The first-order chi connectivity index (χ1) is 17.1. The lowest BCUT2D eigenvalue weighted by molar-refractivity contribution is 0.573. The van der Waals surface area contributed by atoms with Crippen molar-refractivity contribution in [3.05, 3.63) is 76.5 Å². The van der Waals surface area contributed by atoms with Crippen molar-refractivity contribution in [2.45, 2.75) is 97.8 Å². The standard InChI is InChI=1S/C32H37NSSi/c1-21(2)29-26-9-5-4-8-23(26)19-27-31-30-24(10-13-33-31)18-25(20-28(30)34-32(27)29)22-11-16-35(17-12-22)14-6-3-7-15-35/h4-5,8-10,13,18-22,31,33H,3,6-7,11-12,14-17H2,1-2H3. The number of benzene rings is 3. The largest absolute Gasteiger partial charge is 0.380 e. The quantitative estimate of drug-likeness (QED) is 0.355. The molecule has 4 aliphatic rings. The van der Waals surface area contributed by atoms with Gasteiger partial charge in [-0.3, -0.25) is 0 Å². The zero-order valence-electron chi connectivity index (χ0n) is 21.2. The molecule has 35 heavy (non-hydrogen) atoms. The molecule has 2 fully saturated rings. The maximum atomic E-state index is 3.75. The maximum Gasteiger partial charge on any atom is 0.0790 e. The van der Waals surface area contributed by atoms with Crippen molar-refractivity contribution in [1.29, 1.82) is 0 Å². The Morgan fingerprint density at radius 3 is 2.54 bits per heavy atom. The number of nitrogens with one attached hydrogen (secondary N) is 1. The Bertz CT molecular complexity index is 1320. The normalized spacial score (nSPS) is 22.8. The first-order valence-corrected chi connectivity index (χ1v) is 17.6. The predicted octanol–water partition coefficient (Wildman–Crippen LogP) is 9.60. The molecule has 1 atom stereocenters. The molecule has 1 N–H and O–H groups in total. The zero-order chi connectivity index (χ0) is 23.6. The summed E-state index contributed by atoms with van der Waals surface area (Å²) in [4.78, 5) is 3.00. The minimum Gasteiger partial charge on any atom is -0.380 e. The average molecular weight is 496 g/mol. The molecule has 0 aliphatic carbocycles. The van der Waals surface area contributed by atoms with Gasteiger partial charge in [0.1, 0.15) is 0 Å². The van der Waals surface area contributed by atoms with Gasteiger partial charge in [0.05, 0.1) is 14.1 Å². The Kier molecular flexibility index (Phi) is 5.44. The van der Waals surface area contributed by atoms with E-state index in [0.717, 1.165) is 5.92 Å². The van der Waals surface area contributed by atoms with Crippen LogP contribution < -0.4 is 5.32 Å². The molecule has 0 amide bonds. The third kappa shape index (κ3) is 3.64. The van der Waals surface area contributed by atoms with Gasteiger partial charge in [0.15, 0.2) is 0 Å². The Morgan fingerprint density at radius 1 is 0.943 bits per heavy atom. The molecule has 3 heteroatoms. The van der Waals surface area contributed by atoms with Crippen LogP contribution in [0.5, 0.6) is 0 Å². The van der Waals surface area contributed by atoms with E-state index in [1.54, 1.807) is 29.7 Å². The van der Waals surface area contributed by atoms with Crippen molar-refractivity contribution in [2.75, 3.05) is 0 Å².